The molecule has 1 unspecified atom stereocenters. The number of carbonyl (C=O) groups excluding carboxylic acids is 2. The minimum atomic E-state index is -0.732. The first-order valence-electron chi connectivity index (χ1n) is 11.3. The van der Waals surface area contributed by atoms with Gasteiger partial charge in [-0.1, -0.05) is 0 Å². The molecule has 1 aromatic rings. The van der Waals surface area contributed by atoms with Gasteiger partial charge in [0.1, 0.15) is 11.8 Å². The Balaban J connectivity index is 1.49. The van der Waals surface area contributed by atoms with Crippen molar-refractivity contribution in [2.75, 3.05) is 44.6 Å². The number of hydrogen-bond acceptors (Lipinski definition) is 6. The number of hydrogen-bond donors (Lipinski definition) is 1. The van der Waals surface area contributed by atoms with Gasteiger partial charge in [-0.15, -0.1) is 0 Å². The number of carbonyl (C=O) groups is 2. The Labute approximate surface area is 186 Å². The predicted octanol–water partition coefficient (Wildman–Crippen LogP) is 1.71. The van der Waals surface area contributed by atoms with Crippen LogP contribution >= 0.6 is 0 Å². The van der Waals surface area contributed by atoms with Gasteiger partial charge in [0, 0.05) is 36.7 Å². The van der Waals surface area contributed by atoms with E-state index < -0.39 is 17.5 Å². The summed E-state index contributed by atoms with van der Waals surface area (Å²) in [7, 11) is 0. The fourth-order valence-electron chi connectivity index (χ4n) is 4.45. The Bertz CT molecular complexity index is 912. The molecule has 1 N–H and O–H groups in total. The lowest BCUT2D eigenvalue weighted by Gasteiger charge is -2.25. The first kappa shape index (κ1) is 22.0. The lowest BCUT2D eigenvalue weighted by atomic mass is 10.1. The Hall–Kier alpha value is -3.17. The largest absolute Gasteiger partial charge is 0.493 e. The van der Waals surface area contributed by atoms with Crippen LogP contribution in [-0.2, 0) is 16.0 Å². The van der Waals surface area contributed by atoms with Crippen molar-refractivity contribution in [3.63, 3.8) is 0 Å². The summed E-state index contributed by atoms with van der Waals surface area (Å²) in [6.07, 6.45) is 4.85. The summed E-state index contributed by atoms with van der Waals surface area (Å²) in [5.41, 5.74) is 1.71. The molecule has 2 fully saturated rings. The highest BCUT2D eigenvalue weighted by Gasteiger charge is 2.30. The van der Waals surface area contributed by atoms with Gasteiger partial charge in [-0.3, -0.25) is 24.7 Å². The molecule has 1 aromatic carbocycles. The molecule has 0 radical (unpaired) electrons. The minimum absolute atomic E-state index is 0.0375. The number of likely N-dealkylation sites (tertiary alicyclic amines) is 2. The maximum Gasteiger partial charge on any atom is 0.260 e. The second-order valence-corrected chi connectivity index (χ2v) is 8.47. The van der Waals surface area contributed by atoms with Crippen molar-refractivity contribution in [1.82, 2.24) is 9.80 Å². The van der Waals surface area contributed by atoms with Crippen molar-refractivity contribution in [3.05, 3.63) is 33.9 Å². The molecule has 4 rings (SSSR count). The Morgan fingerprint density at radius 2 is 2.00 bits per heavy atom. The number of anilines is 1. The zero-order valence-corrected chi connectivity index (χ0v) is 18.1. The van der Waals surface area contributed by atoms with Crippen molar-refractivity contribution in [2.45, 2.75) is 44.6 Å². The molecular weight excluding hydrogens is 414 g/mol. The Morgan fingerprint density at radius 3 is 2.78 bits per heavy atom. The number of aliphatic imine (C=N–C) groups is 1. The number of nitrogens with one attached hydrogen (secondary N) is 1. The van der Waals surface area contributed by atoms with Gasteiger partial charge in [0.25, 0.3) is 6.54 Å². The molecule has 2 amide bonds. The van der Waals surface area contributed by atoms with Gasteiger partial charge < -0.3 is 19.9 Å². The molecule has 3 heterocycles. The summed E-state index contributed by atoms with van der Waals surface area (Å²) in [5.74, 6) is 0.685. The lowest BCUT2D eigenvalue weighted by molar-refractivity contribution is -0.463. The van der Waals surface area contributed by atoms with E-state index in [1.807, 2.05) is 12.1 Å². The molecule has 3 aliphatic rings. The van der Waals surface area contributed by atoms with Crippen LogP contribution < -0.4 is 10.1 Å². The molecule has 2 saturated heterocycles. The number of rotatable bonds is 6. The molecule has 0 aliphatic carbocycles. The number of amidine groups is 1. The van der Waals surface area contributed by atoms with Crippen LogP contribution in [0.25, 0.3) is 0 Å². The fourth-order valence-corrected chi connectivity index (χ4v) is 4.45. The first-order chi connectivity index (χ1) is 15.5. The molecule has 0 saturated carbocycles. The highest BCUT2D eigenvalue weighted by atomic mass is 16.6. The van der Waals surface area contributed by atoms with Crippen molar-refractivity contribution < 1.29 is 19.2 Å². The summed E-state index contributed by atoms with van der Waals surface area (Å²) in [6, 6.07) is 4.78. The molecule has 0 bridgehead atoms. The molecule has 10 nitrogen and oxygen atoms in total. The SMILES string of the molecule is O=C(CN1CCCCC(N=C(C[N+](=O)[O-])Nc2ccc3c(c2)CCO3)C1=O)N1CCCC1. The standard InChI is InChI=1S/C22H29N5O5/c28-21(25-9-3-4-10-25)15-26-11-2-1-5-18(22(26)29)24-20(14-27(30)31)23-17-6-7-19-16(13-17)8-12-32-19/h6-7,13,18H,1-5,8-12,14-15H2,(H,23,24). The zero-order valence-electron chi connectivity index (χ0n) is 18.1. The van der Waals surface area contributed by atoms with E-state index >= 15 is 0 Å². The molecule has 3 aliphatic heterocycles. The topological polar surface area (TPSA) is 117 Å². The average Bonchev–Trinajstić information content (AvgIpc) is 3.42. The van der Waals surface area contributed by atoms with Crippen LogP contribution in [0.3, 0.4) is 0 Å². The van der Waals surface area contributed by atoms with Gasteiger partial charge in [0.2, 0.25) is 11.8 Å². The highest BCUT2D eigenvalue weighted by Crippen LogP contribution is 2.28. The van der Waals surface area contributed by atoms with E-state index in [9.17, 15) is 19.7 Å². The Morgan fingerprint density at radius 1 is 1.22 bits per heavy atom. The summed E-state index contributed by atoms with van der Waals surface area (Å²) >= 11 is 0. The van der Waals surface area contributed by atoms with Gasteiger partial charge in [0.05, 0.1) is 13.2 Å². The monoisotopic (exact) mass is 443 g/mol. The van der Waals surface area contributed by atoms with Crippen LogP contribution in [0.1, 0.15) is 37.7 Å². The van der Waals surface area contributed by atoms with Crippen molar-refractivity contribution in [3.8, 4) is 5.75 Å². The minimum Gasteiger partial charge on any atom is -0.493 e. The maximum absolute atomic E-state index is 13.2. The normalized spacial score (nSPS) is 21.2. The smallest absolute Gasteiger partial charge is 0.260 e. The Kier molecular flexibility index (Phi) is 6.87. The number of nitro groups is 1. The van der Waals surface area contributed by atoms with E-state index in [2.05, 4.69) is 10.3 Å². The molecule has 10 heteroatoms. The van der Waals surface area contributed by atoms with E-state index in [4.69, 9.17) is 4.74 Å². The van der Waals surface area contributed by atoms with E-state index in [0.29, 0.717) is 25.3 Å². The third-order valence-corrected chi connectivity index (χ3v) is 6.11. The lowest BCUT2D eigenvalue weighted by Crippen LogP contribution is -2.45. The quantitative estimate of drug-likeness (QED) is 0.310. The number of amides is 2. The molecule has 0 spiro atoms. The summed E-state index contributed by atoms with van der Waals surface area (Å²) in [4.78, 5) is 44.4. The van der Waals surface area contributed by atoms with Gasteiger partial charge >= 0.3 is 0 Å². The third kappa shape index (κ3) is 5.35. The van der Waals surface area contributed by atoms with Crippen LogP contribution in [0.4, 0.5) is 5.69 Å². The van der Waals surface area contributed by atoms with Crippen LogP contribution in [-0.4, -0.2) is 77.7 Å². The summed E-state index contributed by atoms with van der Waals surface area (Å²) in [5, 5.41) is 14.3. The molecule has 1 atom stereocenters. The third-order valence-electron chi connectivity index (χ3n) is 6.11. The molecule has 0 aromatic heterocycles. The van der Waals surface area contributed by atoms with E-state index in [-0.39, 0.29) is 24.2 Å². The van der Waals surface area contributed by atoms with Crippen LogP contribution in [0.2, 0.25) is 0 Å². The number of benzene rings is 1. The molecule has 172 valence electrons. The van der Waals surface area contributed by atoms with Gasteiger partial charge in [-0.25, -0.2) is 0 Å². The average molecular weight is 444 g/mol. The highest BCUT2D eigenvalue weighted by molar-refractivity contribution is 5.98. The van der Waals surface area contributed by atoms with Gasteiger partial charge in [-0.2, -0.15) is 0 Å². The van der Waals surface area contributed by atoms with Crippen LogP contribution in [0.15, 0.2) is 23.2 Å². The van der Waals surface area contributed by atoms with E-state index in [0.717, 1.165) is 56.5 Å². The van der Waals surface area contributed by atoms with Crippen molar-refractivity contribution in [2.24, 2.45) is 4.99 Å². The second-order valence-electron chi connectivity index (χ2n) is 8.47. The first-order valence-corrected chi connectivity index (χ1v) is 11.3. The fraction of sp³-hybridized carbons (Fsp3) is 0.591. The van der Waals surface area contributed by atoms with Gasteiger partial charge in [0.15, 0.2) is 5.84 Å². The number of nitrogens with zero attached hydrogens (tertiary/aromatic N) is 4. The predicted molar refractivity (Wildman–Crippen MR) is 119 cm³/mol. The summed E-state index contributed by atoms with van der Waals surface area (Å²) in [6.45, 7) is 2.15. The van der Waals surface area contributed by atoms with E-state index in [1.165, 1.54) is 0 Å². The van der Waals surface area contributed by atoms with Crippen molar-refractivity contribution >= 4 is 23.3 Å². The van der Waals surface area contributed by atoms with Crippen molar-refractivity contribution in [1.29, 1.82) is 0 Å². The number of ether oxygens (including phenoxy) is 1. The zero-order chi connectivity index (χ0) is 22.5. The van der Waals surface area contributed by atoms with Gasteiger partial charge in [-0.05, 0) is 55.9 Å². The maximum atomic E-state index is 13.2. The van der Waals surface area contributed by atoms with Crippen LogP contribution in [0, 0.1) is 10.1 Å². The van der Waals surface area contributed by atoms with E-state index in [1.54, 1.807) is 15.9 Å². The molecule has 32 heavy (non-hydrogen) atoms. The summed E-state index contributed by atoms with van der Waals surface area (Å²) < 4.78 is 5.51. The number of fused-ring (bicyclic) bond motifs is 1. The second kappa shape index (κ2) is 9.97. The van der Waals surface area contributed by atoms with Crippen LogP contribution in [0.5, 0.6) is 5.75 Å². The molecular formula is C22H29N5O5.